The molecule has 0 saturated heterocycles. The van der Waals surface area contributed by atoms with E-state index >= 15 is 0 Å². The third-order valence-electron chi connectivity index (χ3n) is 2.97. The Morgan fingerprint density at radius 1 is 1.19 bits per heavy atom. The number of carbonyl (C=O) groups is 2. The van der Waals surface area contributed by atoms with Gasteiger partial charge in [0.15, 0.2) is 5.78 Å². The Hall–Kier alpha value is -2.09. The van der Waals surface area contributed by atoms with Crippen molar-refractivity contribution in [2.24, 2.45) is 5.92 Å². The molecule has 16 heavy (non-hydrogen) atoms. The fourth-order valence-electron chi connectivity index (χ4n) is 2.15. The van der Waals surface area contributed by atoms with Crippen molar-refractivity contribution in [1.82, 2.24) is 0 Å². The van der Waals surface area contributed by atoms with Gasteiger partial charge < -0.3 is 0 Å². The Labute approximate surface area is 93.3 Å². The maximum Gasteiger partial charge on any atom is 0.248 e. The zero-order valence-corrected chi connectivity index (χ0v) is 8.51. The quantitative estimate of drug-likeness (QED) is 0.571. The van der Waals surface area contributed by atoms with Gasteiger partial charge in [-0.3, -0.25) is 9.59 Å². The van der Waals surface area contributed by atoms with Crippen LogP contribution in [0.25, 0.3) is 0 Å². The van der Waals surface area contributed by atoms with E-state index in [0.29, 0.717) is 5.57 Å². The molecule has 3 aliphatic carbocycles. The Kier molecular flexibility index (Phi) is 1.83. The molecule has 0 aromatic carbocycles. The average Bonchev–Trinajstić information content (AvgIpc) is 2.28. The van der Waals surface area contributed by atoms with Crippen LogP contribution in [0, 0.1) is 12.3 Å². The minimum Gasteiger partial charge on any atom is -0.289 e. The molecule has 76 valence electrons. The van der Waals surface area contributed by atoms with Gasteiger partial charge in [0, 0.05) is 5.57 Å². The van der Waals surface area contributed by atoms with Gasteiger partial charge in [-0.05, 0) is 17.7 Å². The topological polar surface area (TPSA) is 34.1 Å². The van der Waals surface area contributed by atoms with Crippen molar-refractivity contribution in [1.29, 1.82) is 0 Å². The molecule has 0 N–H and O–H groups in total. The fourth-order valence-corrected chi connectivity index (χ4v) is 2.15. The summed E-state index contributed by atoms with van der Waals surface area (Å²) in [5.74, 6) is -0.245. The van der Waals surface area contributed by atoms with E-state index in [-0.39, 0.29) is 17.5 Å². The molecule has 2 nitrogen and oxygen atoms in total. The lowest BCUT2D eigenvalue weighted by Gasteiger charge is -2.20. The van der Waals surface area contributed by atoms with Crippen LogP contribution in [0.15, 0.2) is 59.3 Å². The fraction of sp³-hybridized carbons (Fsp3) is 0.0714. The highest BCUT2D eigenvalue weighted by Gasteiger charge is 2.33. The first-order valence-electron chi connectivity index (χ1n) is 5.17. The molecule has 1 unspecified atom stereocenters. The Balaban J connectivity index is 2.14. The number of allylic oxidation sites excluding steroid dienone is 10. The number of rotatable bonds is 0. The van der Waals surface area contributed by atoms with E-state index in [1.165, 1.54) is 6.08 Å². The standard InChI is InChI=1S/C14H9O2/c15-13-5-1-3-9-7-10-4-2-6-14(16)12(10)8-11(9)13/h1-8,11H/q+1. The first-order chi connectivity index (χ1) is 7.75. The molecule has 0 aromatic heterocycles. The van der Waals surface area contributed by atoms with Gasteiger partial charge >= 0.3 is 0 Å². The average molecular weight is 209 g/mol. The molecule has 0 aliphatic heterocycles. The van der Waals surface area contributed by atoms with E-state index in [0.717, 1.165) is 11.1 Å². The lowest BCUT2D eigenvalue weighted by atomic mass is 9.78. The molecule has 0 spiro atoms. The second-order valence-electron chi connectivity index (χ2n) is 3.98. The van der Waals surface area contributed by atoms with Crippen molar-refractivity contribution in [3.8, 4) is 0 Å². The molecule has 0 aromatic rings. The van der Waals surface area contributed by atoms with E-state index in [4.69, 9.17) is 0 Å². The van der Waals surface area contributed by atoms with E-state index in [1.54, 1.807) is 24.6 Å². The molecule has 0 fully saturated rings. The lowest BCUT2D eigenvalue weighted by molar-refractivity contribution is -0.117. The Morgan fingerprint density at radius 3 is 2.94 bits per heavy atom. The first-order valence-corrected chi connectivity index (χ1v) is 5.17. The van der Waals surface area contributed by atoms with Crippen LogP contribution >= 0.6 is 0 Å². The molecular formula is C14H9O2+. The van der Waals surface area contributed by atoms with Crippen LogP contribution in [0.4, 0.5) is 0 Å². The second-order valence-corrected chi connectivity index (χ2v) is 3.98. The van der Waals surface area contributed by atoms with Gasteiger partial charge in [0.25, 0.3) is 0 Å². The molecule has 2 heteroatoms. The van der Waals surface area contributed by atoms with Gasteiger partial charge in [0.2, 0.25) is 5.78 Å². The predicted octanol–water partition coefficient (Wildman–Crippen LogP) is 1.88. The summed E-state index contributed by atoms with van der Waals surface area (Å²) in [5, 5.41) is 0. The van der Waals surface area contributed by atoms with E-state index in [2.05, 4.69) is 0 Å². The van der Waals surface area contributed by atoms with Crippen molar-refractivity contribution in [3.63, 3.8) is 0 Å². The molecule has 3 aliphatic rings. The molecule has 0 amide bonds. The van der Waals surface area contributed by atoms with Crippen molar-refractivity contribution >= 4 is 11.6 Å². The van der Waals surface area contributed by atoms with Crippen LogP contribution < -0.4 is 0 Å². The second kappa shape index (κ2) is 3.20. The SMILES string of the molecule is O=C1C=CC=C2C=C3C=C[CH+]C(=O)C3C=C12. The van der Waals surface area contributed by atoms with Crippen LogP contribution in [0.3, 0.4) is 0 Å². The monoisotopic (exact) mass is 209 g/mol. The summed E-state index contributed by atoms with van der Waals surface area (Å²) in [6, 6.07) is 0. The molecule has 3 rings (SSSR count). The van der Waals surface area contributed by atoms with Crippen LogP contribution in [-0.4, -0.2) is 11.6 Å². The third kappa shape index (κ3) is 1.23. The number of Topliss-reactive ketones (excluding diaryl/α,β-unsaturated/α-hetero) is 1. The number of carbonyl (C=O) groups excluding carboxylic acids is 2. The van der Waals surface area contributed by atoms with Gasteiger partial charge in [0.05, 0.1) is 11.6 Å². The number of ketones is 2. The molecule has 0 radical (unpaired) electrons. The predicted molar refractivity (Wildman–Crippen MR) is 60.3 cm³/mol. The van der Waals surface area contributed by atoms with Crippen LogP contribution in [0.1, 0.15) is 0 Å². The number of hydrogen-bond acceptors (Lipinski definition) is 2. The summed E-state index contributed by atoms with van der Waals surface area (Å²) >= 11 is 0. The van der Waals surface area contributed by atoms with Crippen LogP contribution in [-0.2, 0) is 9.59 Å². The molecular weight excluding hydrogens is 200 g/mol. The minimum absolute atomic E-state index is 0.0184. The number of fused-ring (bicyclic) bond motifs is 2. The maximum atomic E-state index is 11.7. The van der Waals surface area contributed by atoms with E-state index in [1.807, 2.05) is 18.2 Å². The van der Waals surface area contributed by atoms with Crippen LogP contribution in [0.5, 0.6) is 0 Å². The van der Waals surface area contributed by atoms with Crippen molar-refractivity contribution < 1.29 is 9.59 Å². The Morgan fingerprint density at radius 2 is 2.06 bits per heavy atom. The van der Waals surface area contributed by atoms with Crippen molar-refractivity contribution in [3.05, 3.63) is 65.7 Å². The zero-order valence-electron chi connectivity index (χ0n) is 8.51. The summed E-state index contributed by atoms with van der Waals surface area (Å²) in [4.78, 5) is 23.3. The van der Waals surface area contributed by atoms with Gasteiger partial charge in [-0.15, -0.1) is 0 Å². The van der Waals surface area contributed by atoms with Gasteiger partial charge in [0.1, 0.15) is 18.4 Å². The van der Waals surface area contributed by atoms with E-state index < -0.39 is 0 Å². The normalized spacial score (nSPS) is 26.2. The van der Waals surface area contributed by atoms with E-state index in [9.17, 15) is 9.59 Å². The van der Waals surface area contributed by atoms with Crippen molar-refractivity contribution in [2.45, 2.75) is 0 Å². The highest BCUT2D eigenvalue weighted by atomic mass is 16.1. The molecule has 0 heterocycles. The third-order valence-corrected chi connectivity index (χ3v) is 2.97. The Bertz CT molecular complexity index is 539. The summed E-state index contributed by atoms with van der Waals surface area (Å²) in [6.07, 6.45) is 14.1. The zero-order chi connectivity index (χ0) is 11.1. The minimum atomic E-state index is -0.271. The number of hydrogen-bond donors (Lipinski definition) is 0. The summed E-state index contributed by atoms with van der Waals surface area (Å²) in [5.41, 5.74) is 2.51. The maximum absolute atomic E-state index is 11.7. The molecule has 0 saturated carbocycles. The summed E-state index contributed by atoms with van der Waals surface area (Å²) in [7, 11) is 0. The van der Waals surface area contributed by atoms with Gasteiger partial charge in [-0.25, -0.2) is 0 Å². The van der Waals surface area contributed by atoms with Crippen molar-refractivity contribution in [2.75, 3.05) is 0 Å². The van der Waals surface area contributed by atoms with Gasteiger partial charge in [-0.2, -0.15) is 0 Å². The molecule has 1 atom stereocenters. The highest BCUT2D eigenvalue weighted by Crippen LogP contribution is 2.33. The van der Waals surface area contributed by atoms with Gasteiger partial charge in [-0.1, -0.05) is 18.2 Å². The first kappa shape index (κ1) is 9.16. The highest BCUT2D eigenvalue weighted by molar-refractivity contribution is 6.11. The summed E-state index contributed by atoms with van der Waals surface area (Å²) in [6.45, 7) is 0. The molecule has 0 bridgehead atoms. The smallest absolute Gasteiger partial charge is 0.248 e. The lowest BCUT2D eigenvalue weighted by Crippen LogP contribution is -2.22. The summed E-state index contributed by atoms with van der Waals surface area (Å²) < 4.78 is 0. The largest absolute Gasteiger partial charge is 0.289 e. The van der Waals surface area contributed by atoms with Crippen LogP contribution in [0.2, 0.25) is 0 Å².